The average Bonchev–Trinajstić information content (AvgIpc) is 3.17. The third-order valence-electron chi connectivity index (χ3n) is 4.42. The lowest BCUT2D eigenvalue weighted by Gasteiger charge is -2.35. The molecule has 2 aromatic rings. The van der Waals surface area contributed by atoms with E-state index in [1.165, 1.54) is 0 Å². The van der Waals surface area contributed by atoms with Gasteiger partial charge in [0, 0.05) is 30.9 Å². The maximum Gasteiger partial charge on any atom is 0.272 e. The van der Waals surface area contributed by atoms with Gasteiger partial charge in [-0.15, -0.1) is 0 Å². The number of carbonyl (C=O) groups excluding carboxylic acids is 2. The fourth-order valence-corrected chi connectivity index (χ4v) is 3.14. The zero-order valence-electron chi connectivity index (χ0n) is 13.6. The number of piperidine rings is 1. The summed E-state index contributed by atoms with van der Waals surface area (Å²) in [7, 11) is 0. The lowest BCUT2D eigenvalue weighted by Crippen LogP contribution is -2.45. The summed E-state index contributed by atoms with van der Waals surface area (Å²) in [5.74, 6) is -0.0792. The van der Waals surface area contributed by atoms with Gasteiger partial charge in [0.25, 0.3) is 11.8 Å². The van der Waals surface area contributed by atoms with Crippen molar-refractivity contribution in [3.63, 3.8) is 0 Å². The van der Waals surface area contributed by atoms with Crippen LogP contribution in [0.25, 0.3) is 0 Å². The molecule has 2 heterocycles. The number of carbonyl (C=O) groups is 2. The molecule has 0 spiro atoms. The zero-order valence-corrected chi connectivity index (χ0v) is 13.6. The van der Waals surface area contributed by atoms with Crippen molar-refractivity contribution in [3.05, 3.63) is 53.9 Å². The molecule has 1 aromatic heterocycles. The van der Waals surface area contributed by atoms with Gasteiger partial charge < -0.3 is 10.2 Å². The molecule has 1 atom stereocenters. The summed E-state index contributed by atoms with van der Waals surface area (Å²) in [5.41, 5.74) is 1.18. The van der Waals surface area contributed by atoms with E-state index in [0.29, 0.717) is 17.8 Å². The van der Waals surface area contributed by atoms with Crippen molar-refractivity contribution >= 4 is 11.8 Å². The smallest absolute Gasteiger partial charge is 0.272 e. The Labute approximate surface area is 141 Å². The number of H-pyrrole nitrogens is 1. The van der Waals surface area contributed by atoms with Gasteiger partial charge >= 0.3 is 0 Å². The van der Waals surface area contributed by atoms with Crippen molar-refractivity contribution in [1.82, 2.24) is 20.4 Å². The minimum Gasteiger partial charge on any atom is -0.352 e. The first kappa shape index (κ1) is 16.2. The molecule has 2 N–H and O–H groups in total. The molecule has 1 aliphatic heterocycles. The van der Waals surface area contributed by atoms with Crippen LogP contribution in [0.15, 0.2) is 42.6 Å². The number of rotatable bonds is 5. The molecule has 3 rings (SSSR count). The minimum absolute atomic E-state index is 0.00779. The van der Waals surface area contributed by atoms with Gasteiger partial charge in [0.05, 0.1) is 0 Å². The quantitative estimate of drug-likeness (QED) is 0.884. The van der Waals surface area contributed by atoms with E-state index in [-0.39, 0.29) is 17.9 Å². The van der Waals surface area contributed by atoms with Crippen molar-refractivity contribution in [1.29, 1.82) is 0 Å². The van der Waals surface area contributed by atoms with E-state index >= 15 is 0 Å². The molecule has 126 valence electrons. The van der Waals surface area contributed by atoms with Gasteiger partial charge in [-0.2, -0.15) is 5.10 Å². The third kappa shape index (κ3) is 3.82. The molecule has 24 heavy (non-hydrogen) atoms. The Balaban J connectivity index is 1.54. The Bertz CT molecular complexity index is 670. The van der Waals surface area contributed by atoms with E-state index in [4.69, 9.17) is 0 Å². The Kier molecular flexibility index (Phi) is 5.25. The van der Waals surface area contributed by atoms with Crippen LogP contribution in [0.3, 0.4) is 0 Å². The summed E-state index contributed by atoms with van der Waals surface area (Å²) < 4.78 is 0. The van der Waals surface area contributed by atoms with Gasteiger partial charge in [-0.3, -0.25) is 14.7 Å². The first-order chi connectivity index (χ1) is 11.8. The second-order valence-electron chi connectivity index (χ2n) is 6.03. The first-order valence-corrected chi connectivity index (χ1v) is 8.39. The topological polar surface area (TPSA) is 78.1 Å². The molecule has 6 nitrogen and oxygen atoms in total. The Morgan fingerprint density at radius 1 is 1.21 bits per heavy atom. The fraction of sp³-hybridized carbons (Fsp3) is 0.389. The third-order valence-corrected chi connectivity index (χ3v) is 4.42. The van der Waals surface area contributed by atoms with Crippen LogP contribution >= 0.6 is 0 Å². The summed E-state index contributed by atoms with van der Waals surface area (Å²) >= 11 is 0. The highest BCUT2D eigenvalue weighted by Gasteiger charge is 2.27. The van der Waals surface area contributed by atoms with Gasteiger partial charge in [-0.25, -0.2) is 0 Å². The van der Waals surface area contributed by atoms with Crippen molar-refractivity contribution in [2.24, 2.45) is 0 Å². The molecule has 0 radical (unpaired) electrons. The second kappa shape index (κ2) is 7.77. The van der Waals surface area contributed by atoms with E-state index in [9.17, 15) is 9.59 Å². The summed E-state index contributed by atoms with van der Waals surface area (Å²) in [6.07, 6.45) is 5.46. The van der Waals surface area contributed by atoms with Crippen LogP contribution in [-0.4, -0.2) is 46.0 Å². The molecule has 0 bridgehead atoms. The number of aromatic amines is 1. The standard InChI is InChI=1S/C18H22N4O2/c23-17(14-6-2-1-3-7-14)19-11-9-15-8-4-5-13-22(15)18(24)16-10-12-20-21-16/h1-3,6-7,10,12,15H,4-5,8-9,11,13H2,(H,19,23)(H,20,21)/t15-/m1/s1. The van der Waals surface area contributed by atoms with Gasteiger partial charge in [0.2, 0.25) is 0 Å². The maximum absolute atomic E-state index is 12.6. The van der Waals surface area contributed by atoms with Crippen LogP contribution in [0.2, 0.25) is 0 Å². The molecule has 2 amide bonds. The van der Waals surface area contributed by atoms with Crippen LogP contribution in [0.1, 0.15) is 46.5 Å². The summed E-state index contributed by atoms with van der Waals surface area (Å²) in [6.45, 7) is 1.32. The zero-order chi connectivity index (χ0) is 16.8. The molecule has 1 aromatic carbocycles. The first-order valence-electron chi connectivity index (χ1n) is 8.39. The Morgan fingerprint density at radius 2 is 2.04 bits per heavy atom. The molecule has 0 unspecified atom stereocenters. The van der Waals surface area contributed by atoms with E-state index in [2.05, 4.69) is 15.5 Å². The van der Waals surface area contributed by atoms with Crippen molar-refractivity contribution < 1.29 is 9.59 Å². The number of hydrogen-bond donors (Lipinski definition) is 2. The van der Waals surface area contributed by atoms with Crippen molar-refractivity contribution in [2.45, 2.75) is 31.7 Å². The van der Waals surface area contributed by atoms with Crippen LogP contribution in [0.5, 0.6) is 0 Å². The largest absolute Gasteiger partial charge is 0.352 e. The van der Waals surface area contributed by atoms with E-state index in [0.717, 1.165) is 32.2 Å². The fourth-order valence-electron chi connectivity index (χ4n) is 3.14. The molecule has 1 saturated heterocycles. The van der Waals surface area contributed by atoms with E-state index in [1.54, 1.807) is 24.4 Å². The van der Waals surface area contributed by atoms with Crippen LogP contribution in [0, 0.1) is 0 Å². The summed E-state index contributed by atoms with van der Waals surface area (Å²) in [5, 5.41) is 9.54. The SMILES string of the molecule is O=C(NCC[C@H]1CCCCN1C(=O)c1ccn[nH]1)c1ccccc1. The summed E-state index contributed by atoms with van der Waals surface area (Å²) in [6, 6.07) is 11.0. The molecule has 1 aliphatic rings. The Hall–Kier alpha value is -2.63. The predicted molar refractivity (Wildman–Crippen MR) is 90.7 cm³/mol. The predicted octanol–water partition coefficient (Wildman–Crippen LogP) is 2.22. The van der Waals surface area contributed by atoms with Gasteiger partial charge in [-0.05, 0) is 43.9 Å². The number of benzene rings is 1. The number of hydrogen-bond acceptors (Lipinski definition) is 3. The van der Waals surface area contributed by atoms with Crippen LogP contribution < -0.4 is 5.32 Å². The van der Waals surface area contributed by atoms with Gasteiger partial charge in [0.15, 0.2) is 0 Å². The second-order valence-corrected chi connectivity index (χ2v) is 6.03. The summed E-state index contributed by atoms with van der Waals surface area (Å²) in [4.78, 5) is 26.5. The molecular formula is C18H22N4O2. The number of aromatic nitrogens is 2. The van der Waals surface area contributed by atoms with Gasteiger partial charge in [-0.1, -0.05) is 18.2 Å². The average molecular weight is 326 g/mol. The van der Waals surface area contributed by atoms with Crippen molar-refractivity contribution in [2.75, 3.05) is 13.1 Å². The minimum atomic E-state index is -0.0714. The molecule has 0 saturated carbocycles. The molecule has 6 heteroatoms. The highest BCUT2D eigenvalue weighted by Crippen LogP contribution is 2.21. The maximum atomic E-state index is 12.6. The van der Waals surface area contributed by atoms with Gasteiger partial charge in [0.1, 0.15) is 5.69 Å². The molecular weight excluding hydrogens is 304 g/mol. The number of amides is 2. The molecule has 0 aliphatic carbocycles. The lowest BCUT2D eigenvalue weighted by molar-refractivity contribution is 0.0595. The number of nitrogens with one attached hydrogen (secondary N) is 2. The van der Waals surface area contributed by atoms with Crippen molar-refractivity contribution in [3.8, 4) is 0 Å². The highest BCUT2D eigenvalue weighted by atomic mass is 16.2. The van der Waals surface area contributed by atoms with Crippen LogP contribution in [0.4, 0.5) is 0 Å². The highest BCUT2D eigenvalue weighted by molar-refractivity contribution is 5.94. The lowest BCUT2D eigenvalue weighted by atomic mass is 9.98. The number of nitrogens with zero attached hydrogens (tertiary/aromatic N) is 2. The number of likely N-dealkylation sites (tertiary alicyclic amines) is 1. The Morgan fingerprint density at radius 3 is 2.79 bits per heavy atom. The van der Waals surface area contributed by atoms with E-state index < -0.39 is 0 Å². The normalized spacial score (nSPS) is 17.5. The van der Waals surface area contributed by atoms with E-state index in [1.807, 2.05) is 23.1 Å². The molecule has 1 fully saturated rings. The monoisotopic (exact) mass is 326 g/mol. The van der Waals surface area contributed by atoms with Crippen LogP contribution in [-0.2, 0) is 0 Å².